The van der Waals surface area contributed by atoms with Gasteiger partial charge in [-0.1, -0.05) is 12.8 Å². The van der Waals surface area contributed by atoms with E-state index in [1.807, 2.05) is 34.9 Å². The van der Waals surface area contributed by atoms with Crippen LogP contribution in [0.4, 0.5) is 0 Å². The van der Waals surface area contributed by atoms with E-state index in [2.05, 4.69) is 0 Å². The number of ketones is 1. The third-order valence-corrected chi connectivity index (χ3v) is 5.47. The van der Waals surface area contributed by atoms with Gasteiger partial charge < -0.3 is 19.5 Å². The summed E-state index contributed by atoms with van der Waals surface area (Å²) in [7, 11) is 1.59. The smallest absolute Gasteiger partial charge is 0.343 e. The fraction of sp³-hybridized carbons (Fsp3) is 0.300. The predicted octanol–water partition coefficient (Wildman–Crippen LogP) is 3.37. The minimum absolute atomic E-state index is 0.384. The van der Waals surface area contributed by atoms with E-state index in [4.69, 9.17) is 4.74 Å². The summed E-state index contributed by atoms with van der Waals surface area (Å²) in [6.07, 6.45) is 2.83. The number of carbonyl (C=O) groups is 2. The molecule has 2 aliphatic rings. The van der Waals surface area contributed by atoms with Crippen molar-refractivity contribution in [3.05, 3.63) is 47.7 Å². The third-order valence-electron chi connectivity index (χ3n) is 5.47. The molecular formula is C20H19NO5. The number of rotatable bonds is 3. The number of fused-ring (bicyclic) bond motifs is 2. The molecule has 1 saturated carbocycles. The Morgan fingerprint density at radius 2 is 1.69 bits per heavy atom. The first kappa shape index (κ1) is 16.4. The number of benzene rings is 1. The van der Waals surface area contributed by atoms with Crippen molar-refractivity contribution >= 4 is 17.5 Å². The van der Waals surface area contributed by atoms with Crippen LogP contribution < -0.4 is 4.74 Å². The normalized spacial score (nSPS) is 18.3. The molecule has 0 amide bonds. The van der Waals surface area contributed by atoms with Crippen LogP contribution in [0.3, 0.4) is 0 Å². The van der Waals surface area contributed by atoms with E-state index in [9.17, 15) is 19.8 Å². The summed E-state index contributed by atoms with van der Waals surface area (Å²) in [5.41, 5.74) is 0.610. The molecule has 26 heavy (non-hydrogen) atoms. The van der Waals surface area contributed by atoms with Gasteiger partial charge in [-0.2, -0.15) is 0 Å². The molecule has 0 bridgehead atoms. The second-order valence-corrected chi connectivity index (χ2v) is 6.76. The maximum atomic E-state index is 13.1. The zero-order valence-electron chi connectivity index (χ0n) is 14.4. The minimum Gasteiger partial charge on any atom is -0.505 e. The molecule has 1 fully saturated rings. The summed E-state index contributed by atoms with van der Waals surface area (Å²) in [6.45, 7) is 0. The zero-order chi connectivity index (χ0) is 18.5. The van der Waals surface area contributed by atoms with Crippen LogP contribution in [-0.4, -0.2) is 33.6 Å². The first-order valence-electron chi connectivity index (χ1n) is 8.58. The summed E-state index contributed by atoms with van der Waals surface area (Å²) in [5, 5.41) is 20.0. The van der Waals surface area contributed by atoms with Crippen molar-refractivity contribution in [3.63, 3.8) is 0 Å². The molecule has 0 atom stereocenters. The molecule has 1 aliphatic carbocycles. The van der Waals surface area contributed by atoms with E-state index in [0.717, 1.165) is 29.8 Å². The number of carboxylic acids is 1. The topological polar surface area (TPSA) is 88.8 Å². The van der Waals surface area contributed by atoms with Crippen molar-refractivity contribution in [2.45, 2.75) is 31.2 Å². The number of carboxylic acid groups (broad SMARTS) is 1. The standard InChI is InChI=1S/C20H19NO5/c1-26-13-6-4-12(5-7-13)14-8-9-15-17(22)16(19(24)25)18(23)20(21(14)15)10-2-3-11-20/h4-9,22H,2-3,10-11H2,1H3,(H,24,25). The Balaban J connectivity index is 1.97. The lowest BCUT2D eigenvalue weighted by Gasteiger charge is -2.36. The summed E-state index contributed by atoms with van der Waals surface area (Å²) >= 11 is 0. The lowest BCUT2D eigenvalue weighted by molar-refractivity contribution is -0.136. The lowest BCUT2D eigenvalue weighted by atomic mass is 9.82. The van der Waals surface area contributed by atoms with Gasteiger partial charge in [-0.3, -0.25) is 4.79 Å². The fourth-order valence-electron chi connectivity index (χ4n) is 4.25. The van der Waals surface area contributed by atoms with E-state index < -0.39 is 28.6 Å². The highest BCUT2D eigenvalue weighted by atomic mass is 16.5. The van der Waals surface area contributed by atoms with Crippen LogP contribution in [0.25, 0.3) is 17.0 Å². The highest BCUT2D eigenvalue weighted by molar-refractivity contribution is 6.25. The summed E-state index contributed by atoms with van der Waals surface area (Å²) in [5.74, 6) is -1.61. The maximum absolute atomic E-state index is 13.1. The fourth-order valence-corrected chi connectivity index (χ4v) is 4.25. The van der Waals surface area contributed by atoms with Crippen LogP contribution in [0.2, 0.25) is 0 Å². The average Bonchev–Trinajstić information content (AvgIpc) is 3.28. The van der Waals surface area contributed by atoms with Crippen molar-refractivity contribution in [1.82, 2.24) is 4.57 Å². The molecule has 6 heteroatoms. The number of aliphatic hydroxyl groups excluding tert-OH is 1. The predicted molar refractivity (Wildman–Crippen MR) is 95.1 cm³/mol. The van der Waals surface area contributed by atoms with Gasteiger partial charge in [0.15, 0.2) is 11.5 Å². The van der Waals surface area contributed by atoms with E-state index in [0.29, 0.717) is 18.5 Å². The molecular weight excluding hydrogens is 334 g/mol. The Kier molecular flexibility index (Phi) is 3.64. The molecule has 1 spiro atoms. The summed E-state index contributed by atoms with van der Waals surface area (Å²) in [6, 6.07) is 11.0. The number of methoxy groups -OCH3 is 1. The Morgan fingerprint density at radius 3 is 2.27 bits per heavy atom. The molecule has 1 aromatic carbocycles. The monoisotopic (exact) mass is 353 g/mol. The minimum atomic E-state index is -1.38. The average molecular weight is 353 g/mol. The van der Waals surface area contributed by atoms with Gasteiger partial charge in [-0.05, 0) is 54.8 Å². The SMILES string of the molecule is COc1ccc(-c2ccc3n2C2(CCCC2)C(=O)C(C(=O)O)=C3O)cc1. The van der Waals surface area contributed by atoms with Crippen LogP contribution in [0.5, 0.6) is 5.75 Å². The molecule has 6 nitrogen and oxygen atoms in total. The molecule has 4 rings (SSSR count). The van der Waals surface area contributed by atoms with Crippen LogP contribution in [-0.2, 0) is 15.1 Å². The molecule has 0 unspecified atom stereocenters. The van der Waals surface area contributed by atoms with Gasteiger partial charge in [0.05, 0.1) is 12.8 Å². The van der Waals surface area contributed by atoms with Gasteiger partial charge in [-0.25, -0.2) is 4.79 Å². The molecule has 2 N–H and O–H groups in total. The number of nitrogens with zero attached hydrogens (tertiary/aromatic N) is 1. The van der Waals surface area contributed by atoms with Crippen LogP contribution in [0, 0.1) is 0 Å². The van der Waals surface area contributed by atoms with Gasteiger partial charge in [0.1, 0.15) is 16.9 Å². The molecule has 134 valence electrons. The number of aromatic nitrogens is 1. The van der Waals surface area contributed by atoms with Crippen molar-refractivity contribution in [2.24, 2.45) is 0 Å². The molecule has 1 aliphatic heterocycles. The third kappa shape index (κ3) is 2.11. The van der Waals surface area contributed by atoms with Gasteiger partial charge in [-0.15, -0.1) is 0 Å². The molecule has 2 heterocycles. The molecule has 0 saturated heterocycles. The largest absolute Gasteiger partial charge is 0.505 e. The highest BCUT2D eigenvalue weighted by Crippen LogP contribution is 2.47. The van der Waals surface area contributed by atoms with E-state index >= 15 is 0 Å². The Morgan fingerprint density at radius 1 is 1.08 bits per heavy atom. The van der Waals surface area contributed by atoms with Crippen molar-refractivity contribution < 1.29 is 24.5 Å². The molecule has 2 aromatic rings. The number of ether oxygens (including phenoxy) is 1. The lowest BCUT2D eigenvalue weighted by Crippen LogP contribution is -2.46. The first-order valence-corrected chi connectivity index (χ1v) is 8.58. The van der Waals surface area contributed by atoms with Crippen LogP contribution >= 0.6 is 0 Å². The Hall–Kier alpha value is -3.02. The van der Waals surface area contributed by atoms with Gasteiger partial charge in [0.2, 0.25) is 0 Å². The van der Waals surface area contributed by atoms with Crippen molar-refractivity contribution in [1.29, 1.82) is 0 Å². The summed E-state index contributed by atoms with van der Waals surface area (Å²) in [4.78, 5) is 24.7. The van der Waals surface area contributed by atoms with Gasteiger partial charge in [0.25, 0.3) is 0 Å². The first-order chi connectivity index (χ1) is 12.5. The maximum Gasteiger partial charge on any atom is 0.343 e. The number of carbonyl (C=O) groups excluding carboxylic acids is 1. The second kappa shape index (κ2) is 5.76. The van der Waals surface area contributed by atoms with E-state index in [1.165, 1.54) is 0 Å². The zero-order valence-corrected chi connectivity index (χ0v) is 14.4. The Bertz CT molecular complexity index is 930. The Labute approximate surface area is 150 Å². The molecule has 0 radical (unpaired) electrons. The van der Waals surface area contributed by atoms with Gasteiger partial charge in [0, 0.05) is 5.69 Å². The van der Waals surface area contributed by atoms with Crippen molar-refractivity contribution in [2.75, 3.05) is 7.11 Å². The number of Topliss-reactive ketones (excluding diaryl/α,β-unsaturated/α-hetero) is 1. The van der Waals surface area contributed by atoms with Gasteiger partial charge >= 0.3 is 5.97 Å². The van der Waals surface area contributed by atoms with Crippen LogP contribution in [0.1, 0.15) is 31.4 Å². The number of hydrogen-bond acceptors (Lipinski definition) is 4. The number of aliphatic hydroxyl groups is 1. The van der Waals surface area contributed by atoms with E-state index in [-0.39, 0.29) is 0 Å². The molecule has 1 aromatic heterocycles. The van der Waals surface area contributed by atoms with E-state index in [1.54, 1.807) is 13.2 Å². The van der Waals surface area contributed by atoms with Crippen LogP contribution in [0.15, 0.2) is 42.0 Å². The highest BCUT2D eigenvalue weighted by Gasteiger charge is 2.51. The number of aliphatic carboxylic acids is 1. The quantitative estimate of drug-likeness (QED) is 0.826. The number of hydrogen-bond donors (Lipinski definition) is 2. The van der Waals surface area contributed by atoms with Crippen molar-refractivity contribution in [3.8, 4) is 17.0 Å². The summed E-state index contributed by atoms with van der Waals surface area (Å²) < 4.78 is 7.03. The second-order valence-electron chi connectivity index (χ2n) is 6.76.